The van der Waals surface area contributed by atoms with Crippen LogP contribution in [0.2, 0.25) is 0 Å². The number of aromatic amines is 2. The number of H-pyrrole nitrogens is 2. The number of hydrogen-bond donors (Lipinski definition) is 4. The molecule has 4 heterocycles. The summed E-state index contributed by atoms with van der Waals surface area (Å²) in [6, 6.07) is 5.34. The van der Waals surface area contributed by atoms with Gasteiger partial charge in [-0.05, 0) is 56.4 Å². The molecule has 0 unspecified atom stereocenters. The number of anilines is 1. The molecule has 5 aromatic rings. The second kappa shape index (κ2) is 14.7. The molecule has 0 aliphatic heterocycles. The highest BCUT2D eigenvalue weighted by Crippen LogP contribution is 2.20. The van der Waals surface area contributed by atoms with Gasteiger partial charge in [0.1, 0.15) is 11.7 Å². The Morgan fingerprint density at radius 1 is 0.898 bits per heavy atom. The summed E-state index contributed by atoms with van der Waals surface area (Å²) >= 11 is 0. The number of nitrogen functional groups attached to an aromatic ring is 1. The molecule has 1 atom stereocenters. The van der Waals surface area contributed by atoms with E-state index in [1.807, 2.05) is 6.92 Å². The standard InChI is InChI=1S/C32H33N5O12/c1-4-21-23(49-32(43)47-21)14-45-29(41)20(11-12-24(38)44-13-22-16(3)46-31(42)48-22)35-27(39)18-8-5-17(6-9-18)7-10-19-15(2)34-26-25(19)28(40)37-30(33)36-26/h5-6,8-9,20H,4,7,10-14H2,1-3H3,(H,35,39)(H4,33,34,36,37,40)/t20-/m0/s1. The average Bonchev–Trinajstić information content (AvgIpc) is 3.71. The van der Waals surface area contributed by atoms with Gasteiger partial charge in [-0.1, -0.05) is 19.1 Å². The van der Waals surface area contributed by atoms with Crippen LogP contribution in [-0.4, -0.2) is 38.8 Å². The van der Waals surface area contributed by atoms with Crippen molar-refractivity contribution in [3.8, 4) is 0 Å². The third-order valence-corrected chi connectivity index (χ3v) is 7.70. The van der Waals surface area contributed by atoms with E-state index in [1.165, 1.54) is 6.92 Å². The van der Waals surface area contributed by atoms with Crippen LogP contribution in [0.15, 0.2) is 56.3 Å². The molecule has 5 rings (SSSR count). The largest absolute Gasteiger partial charge is 0.519 e. The fourth-order valence-electron chi connectivity index (χ4n) is 5.14. The smallest absolute Gasteiger partial charge is 0.457 e. The summed E-state index contributed by atoms with van der Waals surface area (Å²) in [4.78, 5) is 83.8. The number of carbonyl (C=O) groups is 3. The van der Waals surface area contributed by atoms with Gasteiger partial charge in [-0.2, -0.15) is 4.98 Å². The number of carbonyl (C=O) groups excluding carboxylic acids is 3. The van der Waals surface area contributed by atoms with Gasteiger partial charge in [0.2, 0.25) is 5.95 Å². The summed E-state index contributed by atoms with van der Waals surface area (Å²) in [5.41, 5.74) is 8.42. The van der Waals surface area contributed by atoms with Crippen molar-refractivity contribution in [2.45, 2.75) is 72.1 Å². The number of rotatable bonds is 14. The first-order chi connectivity index (χ1) is 23.4. The van der Waals surface area contributed by atoms with E-state index in [9.17, 15) is 28.8 Å². The van der Waals surface area contributed by atoms with E-state index < -0.39 is 42.1 Å². The van der Waals surface area contributed by atoms with E-state index in [0.29, 0.717) is 30.3 Å². The minimum atomic E-state index is -1.30. The Morgan fingerprint density at radius 3 is 2.27 bits per heavy atom. The Hall–Kier alpha value is -6.13. The molecular weight excluding hydrogens is 646 g/mol. The van der Waals surface area contributed by atoms with E-state index in [4.69, 9.17) is 32.9 Å². The van der Waals surface area contributed by atoms with E-state index in [1.54, 1.807) is 31.2 Å². The molecular formula is C32H33N5O12. The third kappa shape index (κ3) is 8.24. The van der Waals surface area contributed by atoms with Gasteiger partial charge in [0.25, 0.3) is 11.5 Å². The van der Waals surface area contributed by atoms with Gasteiger partial charge in [-0.15, -0.1) is 0 Å². The van der Waals surface area contributed by atoms with Crippen LogP contribution in [0, 0.1) is 13.8 Å². The zero-order valence-electron chi connectivity index (χ0n) is 26.8. The molecule has 258 valence electrons. The van der Waals surface area contributed by atoms with Crippen LogP contribution in [0.3, 0.4) is 0 Å². The molecule has 1 amide bonds. The van der Waals surface area contributed by atoms with Crippen molar-refractivity contribution in [3.63, 3.8) is 0 Å². The molecule has 0 bridgehead atoms. The average molecular weight is 680 g/mol. The Morgan fingerprint density at radius 2 is 1.57 bits per heavy atom. The third-order valence-electron chi connectivity index (χ3n) is 7.70. The van der Waals surface area contributed by atoms with Crippen molar-refractivity contribution in [3.05, 3.63) is 101 Å². The molecule has 0 saturated carbocycles. The second-order valence-electron chi connectivity index (χ2n) is 11.0. The predicted octanol–water partition coefficient (Wildman–Crippen LogP) is 2.26. The number of ether oxygens (including phenoxy) is 2. The lowest BCUT2D eigenvalue weighted by Crippen LogP contribution is -2.42. The highest BCUT2D eigenvalue weighted by Gasteiger charge is 2.26. The molecule has 49 heavy (non-hydrogen) atoms. The SMILES string of the molecule is CCc1oc(=O)oc1COC(=O)[C@H](CCC(=O)OCc1oc(=O)oc1C)NC(=O)c1ccc(CCc2c(C)[nH]c3nc(N)[nH]c(=O)c23)cc1. The normalized spacial score (nSPS) is 11.8. The highest BCUT2D eigenvalue weighted by atomic mass is 16.6. The minimum absolute atomic E-state index is 0.0168. The van der Waals surface area contributed by atoms with Gasteiger partial charge in [0, 0.05) is 24.1 Å². The van der Waals surface area contributed by atoms with E-state index in [-0.39, 0.29) is 59.6 Å². The molecule has 0 radical (unpaired) electrons. The second-order valence-corrected chi connectivity index (χ2v) is 11.0. The predicted molar refractivity (Wildman–Crippen MR) is 168 cm³/mol. The number of aromatic nitrogens is 3. The number of nitrogens with two attached hydrogens (primary N) is 1. The number of fused-ring (bicyclic) bond motifs is 1. The van der Waals surface area contributed by atoms with Crippen molar-refractivity contribution < 1.29 is 41.5 Å². The fraction of sp³-hybridized carbons (Fsp3) is 0.344. The lowest BCUT2D eigenvalue weighted by Gasteiger charge is -2.17. The number of amides is 1. The van der Waals surface area contributed by atoms with Crippen molar-refractivity contribution >= 4 is 34.8 Å². The molecule has 0 spiro atoms. The molecule has 17 heteroatoms. The van der Waals surface area contributed by atoms with Gasteiger partial charge in [0.15, 0.2) is 36.3 Å². The number of nitrogens with zero attached hydrogens (tertiary/aromatic N) is 1. The number of benzene rings is 1. The summed E-state index contributed by atoms with van der Waals surface area (Å²) in [5, 5.41) is 3.02. The lowest BCUT2D eigenvalue weighted by molar-refractivity contribution is -0.149. The Kier molecular flexibility index (Phi) is 10.3. The number of hydrogen-bond acceptors (Lipinski definition) is 14. The lowest BCUT2D eigenvalue weighted by atomic mass is 10.0. The summed E-state index contributed by atoms with van der Waals surface area (Å²) in [7, 11) is 0. The molecule has 5 N–H and O–H groups in total. The van der Waals surface area contributed by atoms with Crippen LogP contribution in [-0.2, 0) is 51.5 Å². The zero-order chi connectivity index (χ0) is 35.2. The minimum Gasteiger partial charge on any atom is -0.457 e. The summed E-state index contributed by atoms with van der Waals surface area (Å²) < 4.78 is 29.8. The van der Waals surface area contributed by atoms with Crippen LogP contribution >= 0.6 is 0 Å². The van der Waals surface area contributed by atoms with E-state index >= 15 is 0 Å². The molecule has 0 saturated heterocycles. The van der Waals surface area contributed by atoms with E-state index in [0.717, 1.165) is 16.8 Å². The summed E-state index contributed by atoms with van der Waals surface area (Å²) in [5.74, 6) is -3.73. The Bertz CT molecular complexity index is 2160. The first kappa shape index (κ1) is 34.2. The quantitative estimate of drug-likeness (QED) is 0.123. The number of aryl methyl sites for hydroxylation is 5. The number of esters is 2. The summed E-state index contributed by atoms with van der Waals surface area (Å²) in [6.45, 7) is 4.22. The van der Waals surface area contributed by atoms with Crippen molar-refractivity contribution in [1.82, 2.24) is 20.3 Å². The van der Waals surface area contributed by atoms with Gasteiger partial charge in [-0.25, -0.2) is 14.4 Å². The highest BCUT2D eigenvalue weighted by molar-refractivity contribution is 5.97. The van der Waals surface area contributed by atoms with Crippen LogP contribution in [0.5, 0.6) is 0 Å². The molecule has 0 aliphatic rings. The topological polar surface area (TPSA) is 256 Å². The molecule has 17 nitrogen and oxygen atoms in total. The molecule has 0 fully saturated rings. The Labute approximate surface area is 275 Å². The molecule has 1 aromatic carbocycles. The Balaban J connectivity index is 1.23. The van der Waals surface area contributed by atoms with E-state index in [2.05, 4.69) is 20.3 Å². The maximum Gasteiger partial charge on any atom is 0.519 e. The monoisotopic (exact) mass is 679 g/mol. The van der Waals surface area contributed by atoms with Gasteiger partial charge in [-0.3, -0.25) is 19.4 Å². The molecule has 0 aliphatic carbocycles. The molecule has 4 aromatic heterocycles. The maximum absolute atomic E-state index is 13.2. The fourth-order valence-corrected chi connectivity index (χ4v) is 5.14. The van der Waals surface area contributed by atoms with Crippen LogP contribution in [0.25, 0.3) is 11.0 Å². The van der Waals surface area contributed by atoms with Crippen LogP contribution < -0.4 is 28.3 Å². The van der Waals surface area contributed by atoms with Gasteiger partial charge >= 0.3 is 23.6 Å². The maximum atomic E-state index is 13.2. The first-order valence-corrected chi connectivity index (χ1v) is 15.2. The van der Waals surface area contributed by atoms with Gasteiger partial charge in [0.05, 0.1) is 5.39 Å². The van der Waals surface area contributed by atoms with Crippen LogP contribution in [0.4, 0.5) is 5.95 Å². The van der Waals surface area contributed by atoms with Crippen molar-refractivity contribution in [2.75, 3.05) is 5.73 Å². The van der Waals surface area contributed by atoms with Crippen molar-refractivity contribution in [1.29, 1.82) is 0 Å². The number of nitrogens with one attached hydrogen (secondary N) is 3. The summed E-state index contributed by atoms with van der Waals surface area (Å²) in [6.07, 6.45) is 0.832. The first-order valence-electron chi connectivity index (χ1n) is 15.2. The van der Waals surface area contributed by atoms with Crippen LogP contribution in [0.1, 0.15) is 70.0 Å². The van der Waals surface area contributed by atoms with Gasteiger partial charge < -0.3 is 43.2 Å². The zero-order valence-corrected chi connectivity index (χ0v) is 26.8. The van der Waals surface area contributed by atoms with Crippen molar-refractivity contribution in [2.24, 2.45) is 0 Å².